The van der Waals surface area contributed by atoms with Gasteiger partial charge in [-0.25, -0.2) is 9.37 Å². The zero-order valence-corrected chi connectivity index (χ0v) is 18.4. The van der Waals surface area contributed by atoms with Crippen LogP contribution in [-0.4, -0.2) is 20.6 Å². The Morgan fingerprint density at radius 3 is 2.61 bits per heavy atom. The number of thiazole rings is 1. The predicted octanol–water partition coefficient (Wildman–Crippen LogP) is 6.20. The van der Waals surface area contributed by atoms with Crippen molar-refractivity contribution in [3.63, 3.8) is 0 Å². The molecule has 10 heteroatoms. The monoisotopic (exact) mass is 478 g/mol. The number of hydrogen-bond acceptors (Lipinski definition) is 4. The van der Waals surface area contributed by atoms with Crippen molar-refractivity contribution in [1.82, 2.24) is 9.55 Å². The summed E-state index contributed by atoms with van der Waals surface area (Å²) in [5.41, 5.74) is 1.25. The third kappa shape index (κ3) is 4.70. The third-order valence-electron chi connectivity index (χ3n) is 5.11. The summed E-state index contributed by atoms with van der Waals surface area (Å²) in [6.07, 6.45) is -3.05. The molecule has 33 heavy (non-hydrogen) atoms. The summed E-state index contributed by atoms with van der Waals surface area (Å²) >= 11 is 1.22. The molecule has 0 aliphatic heterocycles. The van der Waals surface area contributed by atoms with E-state index < -0.39 is 23.5 Å². The molecule has 0 saturated heterocycles. The molecule has 172 valence electrons. The van der Waals surface area contributed by atoms with Gasteiger partial charge in [0.25, 0.3) is 0 Å². The van der Waals surface area contributed by atoms with Crippen LogP contribution in [0.4, 0.5) is 17.6 Å². The largest absolute Gasteiger partial charge is 0.488 e. The Morgan fingerprint density at radius 2 is 1.94 bits per heavy atom. The number of aryl methyl sites for hydroxylation is 2. The van der Waals surface area contributed by atoms with E-state index in [0.717, 1.165) is 27.4 Å². The van der Waals surface area contributed by atoms with Crippen LogP contribution in [0.2, 0.25) is 0 Å². The molecule has 2 heterocycles. The minimum Gasteiger partial charge on any atom is -0.488 e. The highest BCUT2D eigenvalue weighted by atomic mass is 32.1. The maximum absolute atomic E-state index is 13.9. The number of carboxylic acids is 1. The summed E-state index contributed by atoms with van der Waals surface area (Å²) in [4.78, 5) is 16.2. The van der Waals surface area contributed by atoms with Gasteiger partial charge >= 0.3 is 12.1 Å². The third-order valence-corrected chi connectivity index (χ3v) is 6.29. The summed E-state index contributed by atoms with van der Waals surface area (Å²) in [6, 6.07) is 8.19. The SMILES string of the molecule is Cc1nc(-c2ccc(C(F)(F)F)c(F)c2)sc1COc1cc(C)c2c(ccn2CC(=O)O)c1. The summed E-state index contributed by atoms with van der Waals surface area (Å²) in [6.45, 7) is 3.65. The molecule has 0 amide bonds. The van der Waals surface area contributed by atoms with E-state index in [1.54, 1.807) is 17.7 Å². The fraction of sp³-hybridized carbons (Fsp3) is 0.217. The number of carbonyl (C=O) groups is 1. The van der Waals surface area contributed by atoms with Crippen LogP contribution in [0.3, 0.4) is 0 Å². The Hall–Kier alpha value is -3.40. The zero-order chi connectivity index (χ0) is 23.9. The van der Waals surface area contributed by atoms with Crippen molar-refractivity contribution in [2.45, 2.75) is 33.2 Å². The van der Waals surface area contributed by atoms with Gasteiger partial charge in [-0.3, -0.25) is 4.79 Å². The van der Waals surface area contributed by atoms with Gasteiger partial charge in [0.05, 0.1) is 21.7 Å². The number of carboxylic acid groups (broad SMARTS) is 1. The molecular weight excluding hydrogens is 460 g/mol. The number of benzene rings is 2. The first-order chi connectivity index (χ1) is 15.5. The van der Waals surface area contributed by atoms with E-state index in [-0.39, 0.29) is 18.7 Å². The second kappa shape index (κ2) is 8.51. The summed E-state index contributed by atoms with van der Waals surface area (Å²) in [5, 5.41) is 10.3. The number of rotatable bonds is 6. The van der Waals surface area contributed by atoms with Crippen molar-refractivity contribution in [2.75, 3.05) is 0 Å². The lowest BCUT2D eigenvalue weighted by molar-refractivity contribution is -0.140. The lowest BCUT2D eigenvalue weighted by Crippen LogP contribution is -2.07. The molecule has 0 aliphatic rings. The molecular formula is C23H18F4N2O3S. The van der Waals surface area contributed by atoms with Gasteiger partial charge in [0.1, 0.15) is 29.7 Å². The number of ether oxygens (including phenoxy) is 1. The first-order valence-electron chi connectivity index (χ1n) is 9.80. The number of hydrogen-bond donors (Lipinski definition) is 1. The van der Waals surface area contributed by atoms with Crippen LogP contribution in [0.5, 0.6) is 5.75 Å². The summed E-state index contributed by atoms with van der Waals surface area (Å²) < 4.78 is 59.9. The van der Waals surface area contributed by atoms with E-state index in [9.17, 15) is 22.4 Å². The fourth-order valence-corrected chi connectivity index (χ4v) is 4.58. The predicted molar refractivity (Wildman–Crippen MR) is 116 cm³/mol. The van der Waals surface area contributed by atoms with E-state index in [0.29, 0.717) is 22.5 Å². The maximum atomic E-state index is 13.9. The molecule has 4 rings (SSSR count). The van der Waals surface area contributed by atoms with E-state index in [2.05, 4.69) is 4.98 Å². The Bertz CT molecular complexity index is 1360. The second-order valence-corrected chi connectivity index (χ2v) is 8.61. The van der Waals surface area contributed by atoms with Crippen molar-refractivity contribution in [2.24, 2.45) is 0 Å². The molecule has 5 nitrogen and oxygen atoms in total. The molecule has 0 spiro atoms. The van der Waals surface area contributed by atoms with Crippen LogP contribution in [-0.2, 0) is 24.1 Å². The minimum atomic E-state index is -4.76. The lowest BCUT2D eigenvalue weighted by Gasteiger charge is -2.09. The van der Waals surface area contributed by atoms with Crippen LogP contribution >= 0.6 is 11.3 Å². The molecule has 0 bridgehead atoms. The topological polar surface area (TPSA) is 64.4 Å². The molecule has 0 atom stereocenters. The molecule has 0 fully saturated rings. The molecule has 4 aromatic rings. The number of aromatic nitrogens is 2. The van der Waals surface area contributed by atoms with Gasteiger partial charge in [-0.15, -0.1) is 11.3 Å². The first-order valence-corrected chi connectivity index (χ1v) is 10.6. The van der Waals surface area contributed by atoms with Crippen LogP contribution in [0.15, 0.2) is 42.6 Å². The van der Waals surface area contributed by atoms with Gasteiger partial charge in [0, 0.05) is 17.1 Å². The number of nitrogens with zero attached hydrogens (tertiary/aromatic N) is 2. The average molecular weight is 478 g/mol. The Balaban J connectivity index is 1.54. The number of fused-ring (bicyclic) bond motifs is 1. The number of alkyl halides is 3. The Morgan fingerprint density at radius 1 is 1.18 bits per heavy atom. The molecule has 1 N–H and O–H groups in total. The van der Waals surface area contributed by atoms with Gasteiger partial charge in [-0.05, 0) is 49.7 Å². The van der Waals surface area contributed by atoms with Gasteiger partial charge in [0.15, 0.2) is 0 Å². The average Bonchev–Trinajstić information content (AvgIpc) is 3.28. The standard InChI is InChI=1S/C23H18F4N2O3S/c1-12-7-16(8-14-5-6-29(21(12)14)10-20(30)31)32-11-19-13(2)28-22(33-19)15-3-4-17(18(24)9-15)23(25,26)27/h3-9H,10-11H2,1-2H3,(H,30,31). The number of aliphatic carboxylic acids is 1. The van der Waals surface area contributed by atoms with E-state index in [1.807, 2.05) is 25.1 Å². The summed E-state index contributed by atoms with van der Waals surface area (Å²) in [5.74, 6) is -1.69. The van der Waals surface area contributed by atoms with E-state index in [1.165, 1.54) is 17.4 Å². The van der Waals surface area contributed by atoms with Crippen molar-refractivity contribution < 1.29 is 32.2 Å². The first kappa shape index (κ1) is 22.8. The van der Waals surface area contributed by atoms with Gasteiger partial charge in [-0.1, -0.05) is 6.07 Å². The van der Waals surface area contributed by atoms with Crippen LogP contribution in [0.1, 0.15) is 21.7 Å². The van der Waals surface area contributed by atoms with Crippen LogP contribution in [0, 0.1) is 19.7 Å². The minimum absolute atomic E-state index is 0.141. The fourth-order valence-electron chi connectivity index (χ4n) is 3.61. The Labute approximate surface area is 189 Å². The molecule has 0 unspecified atom stereocenters. The van der Waals surface area contributed by atoms with Crippen molar-refractivity contribution in [3.05, 3.63) is 70.1 Å². The van der Waals surface area contributed by atoms with Gasteiger partial charge in [0.2, 0.25) is 0 Å². The smallest absolute Gasteiger partial charge is 0.419 e. The number of halogens is 4. The second-order valence-electron chi connectivity index (χ2n) is 7.52. The van der Waals surface area contributed by atoms with Crippen molar-refractivity contribution >= 4 is 28.2 Å². The quantitative estimate of drug-likeness (QED) is 0.335. The molecule has 0 saturated carbocycles. The van der Waals surface area contributed by atoms with Crippen molar-refractivity contribution in [1.29, 1.82) is 0 Å². The highest BCUT2D eigenvalue weighted by molar-refractivity contribution is 7.15. The molecule has 0 aliphatic carbocycles. The zero-order valence-electron chi connectivity index (χ0n) is 17.5. The Kier molecular flexibility index (Phi) is 5.87. The molecule has 2 aromatic carbocycles. The normalized spacial score (nSPS) is 11.8. The van der Waals surface area contributed by atoms with Crippen molar-refractivity contribution in [3.8, 4) is 16.3 Å². The van der Waals surface area contributed by atoms with Gasteiger partial charge in [-0.2, -0.15) is 13.2 Å². The molecule has 0 radical (unpaired) electrons. The van der Waals surface area contributed by atoms with E-state index in [4.69, 9.17) is 9.84 Å². The maximum Gasteiger partial charge on any atom is 0.419 e. The highest BCUT2D eigenvalue weighted by Crippen LogP contribution is 2.35. The van der Waals surface area contributed by atoms with Crippen LogP contribution in [0.25, 0.3) is 21.5 Å². The molecule has 2 aromatic heterocycles. The summed E-state index contributed by atoms with van der Waals surface area (Å²) in [7, 11) is 0. The van der Waals surface area contributed by atoms with Crippen LogP contribution < -0.4 is 4.74 Å². The highest BCUT2D eigenvalue weighted by Gasteiger charge is 2.34. The van der Waals surface area contributed by atoms with E-state index >= 15 is 0 Å². The van der Waals surface area contributed by atoms with Gasteiger partial charge < -0.3 is 14.4 Å². The lowest BCUT2D eigenvalue weighted by atomic mass is 10.1.